The molecule has 0 bridgehead atoms. The van der Waals surface area contributed by atoms with Crippen molar-refractivity contribution in [2.24, 2.45) is 0 Å². The second-order valence-corrected chi connectivity index (χ2v) is 11.3. The summed E-state index contributed by atoms with van der Waals surface area (Å²) in [6.45, 7) is 4.26. The van der Waals surface area contributed by atoms with Crippen molar-refractivity contribution in [3.8, 4) is 0 Å². The number of amides is 4. The van der Waals surface area contributed by atoms with E-state index in [1.54, 1.807) is 0 Å². The molecule has 0 unspecified atom stereocenters. The molecule has 2 aliphatic heterocycles. The predicted molar refractivity (Wildman–Crippen MR) is 151 cm³/mol. The number of imide groups is 2. The minimum Gasteiger partial charge on any atom is -0.365 e. The molecule has 2 N–H and O–H groups in total. The Hall–Kier alpha value is -3.76. The van der Waals surface area contributed by atoms with E-state index in [1.165, 1.54) is 9.80 Å². The highest BCUT2D eigenvalue weighted by molar-refractivity contribution is 8.15. The van der Waals surface area contributed by atoms with Crippen molar-refractivity contribution in [1.82, 2.24) is 9.80 Å². The number of nitrogens with zero attached hydrogens (tertiary/aromatic N) is 2. The first-order chi connectivity index (χ1) is 18.3. The molecule has 0 radical (unpaired) electrons. The second-order valence-electron chi connectivity index (χ2n) is 9.21. The fraction of sp³-hybridized carbons (Fsp3) is 0.214. The first-order valence-electron chi connectivity index (χ1n) is 12.0. The molecule has 0 spiro atoms. The molecule has 2 saturated heterocycles. The molecule has 0 saturated carbocycles. The van der Waals surface area contributed by atoms with Gasteiger partial charge in [0.2, 0.25) is 0 Å². The Bertz CT molecular complexity index is 1270. The normalized spacial score (nSPS) is 19.4. The molecule has 2 aliphatic rings. The van der Waals surface area contributed by atoms with Crippen LogP contribution in [0.4, 0.5) is 21.0 Å². The lowest BCUT2D eigenvalue weighted by Gasteiger charge is -2.17. The van der Waals surface area contributed by atoms with Crippen molar-refractivity contribution < 1.29 is 19.2 Å². The highest BCUT2D eigenvalue weighted by atomic mass is 32.2. The number of nitrogens with one attached hydrogen (secondary N) is 2. The molecular weight excluding hydrogens is 520 g/mol. The predicted octanol–water partition coefficient (Wildman–Crippen LogP) is 5.57. The fourth-order valence-corrected chi connectivity index (χ4v) is 5.89. The van der Waals surface area contributed by atoms with Gasteiger partial charge >= 0.3 is 0 Å². The lowest BCUT2D eigenvalue weighted by molar-refractivity contribution is -0.127. The number of hydrogen-bond acceptors (Lipinski definition) is 8. The van der Waals surface area contributed by atoms with Gasteiger partial charge in [-0.25, -0.2) is 0 Å². The monoisotopic (exact) mass is 546 g/mol. The van der Waals surface area contributed by atoms with Gasteiger partial charge in [0.15, 0.2) is 10.7 Å². The Labute approximate surface area is 229 Å². The lowest BCUT2D eigenvalue weighted by atomic mass is 10.1. The van der Waals surface area contributed by atoms with Crippen LogP contribution in [0, 0.1) is 13.8 Å². The number of rotatable bonds is 8. The molecule has 3 aromatic rings. The van der Waals surface area contributed by atoms with Crippen LogP contribution in [-0.2, 0) is 22.7 Å². The zero-order chi connectivity index (χ0) is 26.8. The Morgan fingerprint density at radius 3 is 1.26 bits per heavy atom. The van der Waals surface area contributed by atoms with Gasteiger partial charge in [-0.05, 0) is 72.8 Å². The van der Waals surface area contributed by atoms with Crippen molar-refractivity contribution in [3.05, 3.63) is 95.1 Å². The second kappa shape index (κ2) is 10.9. The van der Waals surface area contributed by atoms with Crippen LogP contribution in [0.1, 0.15) is 22.3 Å². The van der Waals surface area contributed by atoms with E-state index in [1.807, 2.05) is 86.6 Å². The van der Waals surface area contributed by atoms with Crippen LogP contribution in [0.25, 0.3) is 0 Å². The van der Waals surface area contributed by atoms with Crippen molar-refractivity contribution in [2.75, 3.05) is 10.6 Å². The molecule has 38 heavy (non-hydrogen) atoms. The van der Waals surface area contributed by atoms with Gasteiger partial charge in [0.05, 0.1) is 13.1 Å². The third kappa shape index (κ3) is 5.71. The van der Waals surface area contributed by atoms with Gasteiger partial charge < -0.3 is 10.6 Å². The van der Waals surface area contributed by atoms with E-state index in [0.29, 0.717) is 0 Å². The van der Waals surface area contributed by atoms with Gasteiger partial charge in [-0.3, -0.25) is 29.0 Å². The van der Waals surface area contributed by atoms with Gasteiger partial charge in [-0.15, -0.1) is 0 Å². The summed E-state index contributed by atoms with van der Waals surface area (Å²) in [6.07, 6.45) is 0. The van der Waals surface area contributed by atoms with Crippen LogP contribution in [0.5, 0.6) is 0 Å². The molecule has 0 aromatic heterocycles. The summed E-state index contributed by atoms with van der Waals surface area (Å²) in [6, 6.07) is 22.5. The summed E-state index contributed by atoms with van der Waals surface area (Å²) in [4.78, 5) is 53.3. The maximum atomic E-state index is 12.9. The van der Waals surface area contributed by atoms with E-state index in [4.69, 9.17) is 0 Å². The fourth-order valence-electron chi connectivity index (χ4n) is 4.08. The third-order valence-corrected chi connectivity index (χ3v) is 8.22. The number of anilines is 2. The SMILES string of the molecule is Cc1ccc(N[C@@H]2SC(=O)N(Cc3ccc(CN4C(=O)S[C@@H](Nc5ccc(C)cc5)C4=O)cc3)C2=O)cc1. The Morgan fingerprint density at radius 2 is 0.921 bits per heavy atom. The standard InChI is InChI=1S/C28H26N4O4S2/c1-17-3-11-21(12-4-17)29-23-25(33)31(27(35)37-23)15-19-7-9-20(10-8-19)16-32-26(34)24(38-28(32)36)30-22-13-5-18(2)6-14-22/h3-14,23-24,29-30H,15-16H2,1-2H3/t23-,24-/m1/s1. The number of aryl methyl sites for hydroxylation is 2. The molecule has 3 aromatic carbocycles. The molecule has 4 amide bonds. The van der Waals surface area contributed by atoms with E-state index in [0.717, 1.165) is 57.2 Å². The highest BCUT2D eigenvalue weighted by Crippen LogP contribution is 2.31. The average Bonchev–Trinajstić information content (AvgIpc) is 3.32. The van der Waals surface area contributed by atoms with Gasteiger partial charge in [-0.1, -0.05) is 59.7 Å². The maximum absolute atomic E-state index is 12.9. The smallest absolute Gasteiger partial charge is 0.291 e. The third-order valence-electron chi connectivity index (χ3n) is 6.26. The first-order valence-corrected chi connectivity index (χ1v) is 13.8. The minimum atomic E-state index is -0.671. The number of thioether (sulfide) groups is 2. The maximum Gasteiger partial charge on any atom is 0.291 e. The molecule has 10 heteroatoms. The largest absolute Gasteiger partial charge is 0.365 e. The van der Waals surface area contributed by atoms with E-state index >= 15 is 0 Å². The molecule has 2 atom stereocenters. The van der Waals surface area contributed by atoms with E-state index in [2.05, 4.69) is 10.6 Å². The van der Waals surface area contributed by atoms with Crippen LogP contribution in [0.2, 0.25) is 0 Å². The number of carbonyl (C=O) groups excluding carboxylic acids is 4. The summed E-state index contributed by atoms with van der Waals surface area (Å²) < 4.78 is 0. The highest BCUT2D eigenvalue weighted by Gasteiger charge is 2.40. The quantitative estimate of drug-likeness (QED) is 0.378. The van der Waals surface area contributed by atoms with Crippen molar-refractivity contribution in [1.29, 1.82) is 0 Å². The Kier molecular flexibility index (Phi) is 7.44. The van der Waals surface area contributed by atoms with Crippen molar-refractivity contribution in [3.63, 3.8) is 0 Å². The van der Waals surface area contributed by atoms with Gasteiger partial charge in [-0.2, -0.15) is 0 Å². The van der Waals surface area contributed by atoms with Crippen molar-refractivity contribution in [2.45, 2.75) is 37.7 Å². The summed E-state index contributed by atoms with van der Waals surface area (Å²) >= 11 is 1.93. The minimum absolute atomic E-state index is 0.150. The van der Waals surface area contributed by atoms with E-state index in [-0.39, 0.29) is 35.4 Å². The Balaban J connectivity index is 1.17. The zero-order valence-corrected chi connectivity index (χ0v) is 22.5. The zero-order valence-electron chi connectivity index (χ0n) is 20.8. The van der Waals surface area contributed by atoms with E-state index in [9.17, 15) is 19.2 Å². The molecular formula is C28H26N4O4S2. The lowest BCUT2D eigenvalue weighted by Crippen LogP contribution is -2.34. The molecule has 2 heterocycles. The number of hydrogen-bond donors (Lipinski definition) is 2. The van der Waals surface area contributed by atoms with Gasteiger partial charge in [0.25, 0.3) is 22.3 Å². The van der Waals surface area contributed by atoms with Crippen LogP contribution >= 0.6 is 23.5 Å². The van der Waals surface area contributed by atoms with Crippen molar-refractivity contribution >= 4 is 57.2 Å². The molecule has 8 nitrogen and oxygen atoms in total. The van der Waals surface area contributed by atoms with Crippen LogP contribution in [-0.4, -0.2) is 42.8 Å². The average molecular weight is 547 g/mol. The number of benzene rings is 3. The first kappa shape index (κ1) is 25.9. The van der Waals surface area contributed by atoms with Crippen LogP contribution in [0.15, 0.2) is 72.8 Å². The molecule has 5 rings (SSSR count). The summed E-state index contributed by atoms with van der Waals surface area (Å²) in [5.74, 6) is -0.580. The molecule has 2 fully saturated rings. The summed E-state index contributed by atoms with van der Waals surface area (Å²) in [5, 5.41) is 4.28. The van der Waals surface area contributed by atoms with Gasteiger partial charge in [0, 0.05) is 11.4 Å². The number of carbonyl (C=O) groups is 4. The summed E-state index contributed by atoms with van der Waals surface area (Å²) in [7, 11) is 0. The Morgan fingerprint density at radius 1 is 0.579 bits per heavy atom. The van der Waals surface area contributed by atoms with Gasteiger partial charge in [0.1, 0.15) is 0 Å². The van der Waals surface area contributed by atoms with Crippen LogP contribution < -0.4 is 10.6 Å². The van der Waals surface area contributed by atoms with E-state index < -0.39 is 10.7 Å². The van der Waals surface area contributed by atoms with Crippen LogP contribution in [0.3, 0.4) is 0 Å². The molecule has 0 aliphatic carbocycles. The molecule has 194 valence electrons. The summed E-state index contributed by atoms with van der Waals surface area (Å²) in [5.41, 5.74) is 5.33. The topological polar surface area (TPSA) is 98.8 Å².